The standard InChI is InChI=1S/C31H33N3O2/c1-3-31(4-2,26-14-6-5-7-15-26)29(35)32-20-22-33(23-21-32)30(36)34-27-16-10-8-12-24(27)18-19-25-13-9-11-17-28(25)34/h5-19H,3-4,20-23H2,1-2H3. The Hall–Kier alpha value is -3.86. The van der Waals surface area contributed by atoms with E-state index >= 15 is 0 Å². The zero-order chi connectivity index (χ0) is 25.1. The van der Waals surface area contributed by atoms with Crippen LogP contribution < -0.4 is 4.90 Å². The van der Waals surface area contributed by atoms with Crippen LogP contribution in [0, 0.1) is 0 Å². The van der Waals surface area contributed by atoms with Gasteiger partial charge < -0.3 is 9.80 Å². The van der Waals surface area contributed by atoms with Crippen LogP contribution in [-0.2, 0) is 10.2 Å². The monoisotopic (exact) mass is 479 g/mol. The molecule has 0 aromatic heterocycles. The summed E-state index contributed by atoms with van der Waals surface area (Å²) in [6, 6.07) is 26.1. The molecule has 1 saturated heterocycles. The highest BCUT2D eigenvalue weighted by atomic mass is 16.2. The number of rotatable bonds is 4. The Morgan fingerprint density at radius 3 is 1.67 bits per heavy atom. The first-order valence-corrected chi connectivity index (χ1v) is 12.9. The number of urea groups is 1. The molecule has 0 saturated carbocycles. The molecule has 0 radical (unpaired) electrons. The van der Waals surface area contributed by atoms with E-state index in [2.05, 4.69) is 38.1 Å². The number of hydrogen-bond donors (Lipinski definition) is 0. The van der Waals surface area contributed by atoms with Crippen molar-refractivity contribution in [1.82, 2.24) is 9.80 Å². The quantitative estimate of drug-likeness (QED) is 0.439. The average Bonchev–Trinajstić information content (AvgIpc) is 3.11. The normalized spacial score (nSPS) is 15.2. The first-order valence-electron chi connectivity index (χ1n) is 12.9. The van der Waals surface area contributed by atoms with Gasteiger partial charge in [0.15, 0.2) is 0 Å². The molecule has 2 heterocycles. The van der Waals surface area contributed by atoms with E-state index in [0.717, 1.165) is 40.9 Å². The molecule has 0 bridgehead atoms. The highest BCUT2D eigenvalue weighted by Crippen LogP contribution is 2.38. The zero-order valence-electron chi connectivity index (χ0n) is 21.1. The van der Waals surface area contributed by atoms with E-state index in [1.165, 1.54) is 0 Å². The van der Waals surface area contributed by atoms with Gasteiger partial charge in [-0.3, -0.25) is 9.69 Å². The fourth-order valence-corrected chi connectivity index (χ4v) is 5.57. The molecule has 2 aliphatic heterocycles. The van der Waals surface area contributed by atoms with Crippen LogP contribution in [0.15, 0.2) is 78.9 Å². The average molecular weight is 480 g/mol. The van der Waals surface area contributed by atoms with E-state index in [-0.39, 0.29) is 11.9 Å². The van der Waals surface area contributed by atoms with Crippen molar-refractivity contribution in [3.63, 3.8) is 0 Å². The van der Waals surface area contributed by atoms with Crippen molar-refractivity contribution < 1.29 is 9.59 Å². The largest absolute Gasteiger partial charge is 0.338 e. The summed E-state index contributed by atoms with van der Waals surface area (Å²) in [6.45, 7) is 6.28. The van der Waals surface area contributed by atoms with Gasteiger partial charge in [-0.2, -0.15) is 0 Å². The van der Waals surface area contributed by atoms with Crippen LogP contribution in [0.3, 0.4) is 0 Å². The lowest BCUT2D eigenvalue weighted by Crippen LogP contribution is -2.57. The lowest BCUT2D eigenvalue weighted by atomic mass is 9.74. The molecule has 0 unspecified atom stereocenters. The molecule has 5 heteroatoms. The Morgan fingerprint density at radius 1 is 0.667 bits per heavy atom. The van der Waals surface area contributed by atoms with Gasteiger partial charge in [0.1, 0.15) is 0 Å². The highest BCUT2D eigenvalue weighted by molar-refractivity contribution is 6.05. The van der Waals surface area contributed by atoms with Crippen LogP contribution in [0.1, 0.15) is 43.4 Å². The Bertz CT molecular complexity index is 1220. The molecular formula is C31H33N3O2. The van der Waals surface area contributed by atoms with E-state index in [0.29, 0.717) is 26.2 Å². The van der Waals surface area contributed by atoms with Crippen molar-refractivity contribution in [2.45, 2.75) is 32.1 Å². The smallest absolute Gasteiger partial charge is 0.329 e. The van der Waals surface area contributed by atoms with Gasteiger partial charge in [-0.05, 0) is 41.7 Å². The van der Waals surface area contributed by atoms with Crippen molar-refractivity contribution in [3.05, 3.63) is 95.6 Å². The summed E-state index contributed by atoms with van der Waals surface area (Å²) in [5, 5.41) is 0. The highest BCUT2D eigenvalue weighted by Gasteiger charge is 2.41. The van der Waals surface area contributed by atoms with Crippen molar-refractivity contribution in [3.8, 4) is 0 Å². The van der Waals surface area contributed by atoms with E-state index < -0.39 is 5.41 Å². The molecule has 0 spiro atoms. The summed E-state index contributed by atoms with van der Waals surface area (Å²) >= 11 is 0. The van der Waals surface area contributed by atoms with Crippen LogP contribution in [0.2, 0.25) is 0 Å². The predicted molar refractivity (Wildman–Crippen MR) is 146 cm³/mol. The molecule has 3 aromatic rings. The number of fused-ring (bicyclic) bond motifs is 2. The molecule has 36 heavy (non-hydrogen) atoms. The minimum atomic E-state index is -0.526. The molecule has 3 amide bonds. The molecule has 0 atom stereocenters. The lowest BCUT2D eigenvalue weighted by molar-refractivity contribution is -0.139. The fraction of sp³-hybridized carbons (Fsp3) is 0.290. The number of hydrogen-bond acceptors (Lipinski definition) is 2. The molecule has 184 valence electrons. The molecule has 1 fully saturated rings. The van der Waals surface area contributed by atoms with Crippen molar-refractivity contribution >= 4 is 35.5 Å². The van der Waals surface area contributed by atoms with Gasteiger partial charge in [-0.25, -0.2) is 4.79 Å². The van der Waals surface area contributed by atoms with Crippen molar-refractivity contribution in [1.29, 1.82) is 0 Å². The number of carbonyl (C=O) groups is 2. The summed E-state index contributed by atoms with van der Waals surface area (Å²) in [6.07, 6.45) is 5.63. The summed E-state index contributed by atoms with van der Waals surface area (Å²) in [7, 11) is 0. The maximum absolute atomic E-state index is 14.0. The Labute approximate surface area is 213 Å². The summed E-state index contributed by atoms with van der Waals surface area (Å²) in [5.74, 6) is 0.167. The number of carbonyl (C=O) groups excluding carboxylic acids is 2. The van der Waals surface area contributed by atoms with Gasteiger partial charge in [-0.15, -0.1) is 0 Å². The van der Waals surface area contributed by atoms with Gasteiger partial charge in [0.2, 0.25) is 5.91 Å². The van der Waals surface area contributed by atoms with E-state index in [9.17, 15) is 9.59 Å². The topological polar surface area (TPSA) is 43.9 Å². The van der Waals surface area contributed by atoms with Crippen LogP contribution in [0.5, 0.6) is 0 Å². The molecule has 0 aliphatic carbocycles. The summed E-state index contributed by atoms with van der Waals surface area (Å²) in [5.41, 5.74) is 4.32. The molecule has 3 aromatic carbocycles. The molecule has 2 aliphatic rings. The third kappa shape index (κ3) is 4.09. The minimum Gasteiger partial charge on any atom is -0.338 e. The Kier molecular flexibility index (Phi) is 6.64. The minimum absolute atomic E-state index is 0.0500. The predicted octanol–water partition coefficient (Wildman–Crippen LogP) is 6.33. The van der Waals surface area contributed by atoms with Crippen LogP contribution in [0.25, 0.3) is 12.2 Å². The maximum atomic E-state index is 14.0. The number of anilines is 2. The third-order valence-electron chi connectivity index (χ3n) is 7.77. The number of piperazine rings is 1. The van der Waals surface area contributed by atoms with Crippen molar-refractivity contribution in [2.75, 3.05) is 31.1 Å². The molecule has 5 nitrogen and oxygen atoms in total. The second-order valence-corrected chi connectivity index (χ2v) is 9.50. The summed E-state index contributed by atoms with van der Waals surface area (Å²) < 4.78 is 0. The number of amides is 3. The molecule has 0 N–H and O–H groups in total. The maximum Gasteiger partial charge on any atom is 0.329 e. The van der Waals surface area contributed by atoms with Gasteiger partial charge in [-0.1, -0.05) is 92.7 Å². The third-order valence-corrected chi connectivity index (χ3v) is 7.77. The fourth-order valence-electron chi connectivity index (χ4n) is 5.57. The van der Waals surface area contributed by atoms with Gasteiger partial charge in [0.05, 0.1) is 16.8 Å². The van der Waals surface area contributed by atoms with E-state index in [4.69, 9.17) is 0 Å². The number of para-hydroxylation sites is 2. The van der Waals surface area contributed by atoms with Gasteiger partial charge >= 0.3 is 6.03 Å². The Morgan fingerprint density at radius 2 is 1.14 bits per heavy atom. The molecular weight excluding hydrogens is 446 g/mol. The SMILES string of the molecule is CCC(CC)(C(=O)N1CCN(C(=O)N2c3ccccc3C=Cc3ccccc32)CC1)c1ccccc1. The first kappa shape index (κ1) is 23.9. The number of benzene rings is 3. The zero-order valence-corrected chi connectivity index (χ0v) is 21.1. The van der Waals surface area contributed by atoms with Gasteiger partial charge in [0.25, 0.3) is 0 Å². The Balaban J connectivity index is 1.37. The second-order valence-electron chi connectivity index (χ2n) is 9.50. The first-order chi connectivity index (χ1) is 17.6. The van der Waals surface area contributed by atoms with Gasteiger partial charge in [0, 0.05) is 26.2 Å². The van der Waals surface area contributed by atoms with Crippen molar-refractivity contribution in [2.24, 2.45) is 0 Å². The number of nitrogens with zero attached hydrogens (tertiary/aromatic N) is 3. The van der Waals surface area contributed by atoms with Crippen LogP contribution in [-0.4, -0.2) is 47.9 Å². The lowest BCUT2D eigenvalue weighted by Gasteiger charge is -2.42. The summed E-state index contributed by atoms with van der Waals surface area (Å²) in [4.78, 5) is 33.5. The van der Waals surface area contributed by atoms with Crippen LogP contribution >= 0.6 is 0 Å². The van der Waals surface area contributed by atoms with E-state index in [1.807, 2.05) is 81.4 Å². The van der Waals surface area contributed by atoms with Crippen LogP contribution in [0.4, 0.5) is 16.2 Å². The second kappa shape index (κ2) is 10.0. The molecule has 5 rings (SSSR count). The van der Waals surface area contributed by atoms with E-state index in [1.54, 1.807) is 0 Å².